The molecule has 0 amide bonds. The van der Waals surface area contributed by atoms with Crippen LogP contribution >= 0.6 is 0 Å². The first-order valence-electron chi connectivity index (χ1n) is 11.1. The van der Waals surface area contributed by atoms with Gasteiger partial charge in [-0.25, -0.2) is 0 Å². The van der Waals surface area contributed by atoms with Gasteiger partial charge in [-0.2, -0.15) is 0 Å². The van der Waals surface area contributed by atoms with Crippen LogP contribution in [0.25, 0.3) is 49.4 Å². The standard InChI is InChI=1S/C30H20N2O/c1-2-8-22(9-3-1)32-27-12-6-4-10-23(27)26-18-20(15-17-28(26)32)31-21-14-16-25-24-11-5-7-13-29(24)33-30(25)19-21/h1-19,31H. The van der Waals surface area contributed by atoms with Crippen LogP contribution in [0.3, 0.4) is 0 Å². The summed E-state index contributed by atoms with van der Waals surface area (Å²) < 4.78 is 8.40. The van der Waals surface area contributed by atoms with Crippen LogP contribution in [-0.4, -0.2) is 4.57 Å². The van der Waals surface area contributed by atoms with Gasteiger partial charge in [0.25, 0.3) is 0 Å². The first kappa shape index (κ1) is 18.1. The summed E-state index contributed by atoms with van der Waals surface area (Å²) in [6, 6.07) is 40.2. The summed E-state index contributed by atoms with van der Waals surface area (Å²) in [5.74, 6) is 0. The second-order valence-electron chi connectivity index (χ2n) is 8.35. The minimum atomic E-state index is 0.892. The Morgan fingerprint density at radius 3 is 2.06 bits per heavy atom. The molecule has 0 aliphatic rings. The fraction of sp³-hybridized carbons (Fsp3) is 0. The molecule has 33 heavy (non-hydrogen) atoms. The topological polar surface area (TPSA) is 30.1 Å². The molecule has 0 spiro atoms. The van der Waals surface area contributed by atoms with Gasteiger partial charge in [0.15, 0.2) is 0 Å². The van der Waals surface area contributed by atoms with E-state index in [1.54, 1.807) is 0 Å². The molecule has 0 aliphatic heterocycles. The average Bonchev–Trinajstić information content (AvgIpc) is 3.39. The molecule has 0 unspecified atom stereocenters. The van der Waals surface area contributed by atoms with Crippen molar-refractivity contribution in [2.75, 3.05) is 5.32 Å². The van der Waals surface area contributed by atoms with Gasteiger partial charge in [-0.05, 0) is 54.6 Å². The summed E-state index contributed by atoms with van der Waals surface area (Å²) in [6.07, 6.45) is 0. The van der Waals surface area contributed by atoms with Crippen molar-refractivity contribution in [1.82, 2.24) is 4.57 Å². The Bertz CT molecular complexity index is 1790. The third-order valence-electron chi connectivity index (χ3n) is 6.35. The highest BCUT2D eigenvalue weighted by Crippen LogP contribution is 2.35. The number of hydrogen-bond donors (Lipinski definition) is 1. The van der Waals surface area contributed by atoms with E-state index in [0.29, 0.717) is 0 Å². The summed E-state index contributed by atoms with van der Waals surface area (Å²) >= 11 is 0. The normalized spacial score (nSPS) is 11.6. The summed E-state index contributed by atoms with van der Waals surface area (Å²) in [5.41, 5.74) is 7.43. The van der Waals surface area contributed by atoms with Gasteiger partial charge >= 0.3 is 0 Å². The number of fused-ring (bicyclic) bond motifs is 6. The molecular formula is C30H20N2O. The fourth-order valence-electron chi connectivity index (χ4n) is 4.88. The van der Waals surface area contributed by atoms with Gasteiger partial charge in [0.2, 0.25) is 0 Å². The van der Waals surface area contributed by atoms with Crippen molar-refractivity contribution in [2.45, 2.75) is 0 Å². The molecule has 0 saturated carbocycles. The Morgan fingerprint density at radius 1 is 0.485 bits per heavy atom. The molecule has 0 atom stereocenters. The van der Waals surface area contributed by atoms with Crippen LogP contribution in [0.5, 0.6) is 0 Å². The Hall–Kier alpha value is -4.50. The van der Waals surface area contributed by atoms with Crippen molar-refractivity contribution in [3.63, 3.8) is 0 Å². The van der Waals surface area contributed by atoms with Crippen molar-refractivity contribution < 1.29 is 4.42 Å². The third kappa shape index (κ3) is 2.83. The number of benzene rings is 5. The number of nitrogens with zero attached hydrogens (tertiary/aromatic N) is 1. The highest BCUT2D eigenvalue weighted by molar-refractivity contribution is 6.10. The van der Waals surface area contributed by atoms with Crippen molar-refractivity contribution in [1.29, 1.82) is 0 Å². The molecule has 0 saturated heterocycles. The molecule has 0 fully saturated rings. The zero-order chi connectivity index (χ0) is 21.8. The minimum absolute atomic E-state index is 0.892. The van der Waals surface area contributed by atoms with E-state index in [9.17, 15) is 0 Å². The number of aromatic nitrogens is 1. The Balaban J connectivity index is 1.35. The molecule has 0 bridgehead atoms. The van der Waals surface area contributed by atoms with Crippen LogP contribution in [-0.2, 0) is 0 Å². The molecule has 5 aromatic carbocycles. The maximum atomic E-state index is 6.07. The molecule has 156 valence electrons. The Morgan fingerprint density at radius 2 is 1.15 bits per heavy atom. The first-order valence-corrected chi connectivity index (χ1v) is 11.1. The van der Waals surface area contributed by atoms with Gasteiger partial charge in [0, 0.05) is 44.7 Å². The zero-order valence-corrected chi connectivity index (χ0v) is 17.8. The van der Waals surface area contributed by atoms with Crippen molar-refractivity contribution in [3.05, 3.63) is 115 Å². The molecule has 0 radical (unpaired) electrons. The van der Waals surface area contributed by atoms with E-state index in [0.717, 1.165) is 33.3 Å². The van der Waals surface area contributed by atoms with E-state index in [2.05, 4.69) is 107 Å². The maximum Gasteiger partial charge on any atom is 0.137 e. The summed E-state index contributed by atoms with van der Waals surface area (Å²) in [6.45, 7) is 0. The van der Waals surface area contributed by atoms with Gasteiger partial charge in [0.05, 0.1) is 11.0 Å². The smallest absolute Gasteiger partial charge is 0.137 e. The first-order chi connectivity index (χ1) is 16.3. The van der Waals surface area contributed by atoms with Crippen molar-refractivity contribution >= 4 is 55.1 Å². The number of nitrogens with one attached hydrogen (secondary N) is 1. The minimum Gasteiger partial charge on any atom is -0.456 e. The summed E-state index contributed by atoms with van der Waals surface area (Å²) in [5, 5.41) is 8.33. The largest absolute Gasteiger partial charge is 0.456 e. The molecule has 7 aromatic rings. The van der Waals surface area contributed by atoms with Crippen LogP contribution in [0.4, 0.5) is 11.4 Å². The van der Waals surface area contributed by atoms with Crippen molar-refractivity contribution in [2.24, 2.45) is 0 Å². The molecule has 1 N–H and O–H groups in total. The number of anilines is 2. The summed E-state index contributed by atoms with van der Waals surface area (Å²) in [7, 11) is 0. The van der Waals surface area contributed by atoms with Crippen LogP contribution in [0.1, 0.15) is 0 Å². The van der Waals surface area contributed by atoms with E-state index in [4.69, 9.17) is 4.42 Å². The lowest BCUT2D eigenvalue weighted by Gasteiger charge is -2.09. The highest BCUT2D eigenvalue weighted by Gasteiger charge is 2.13. The van der Waals surface area contributed by atoms with Gasteiger partial charge in [-0.3, -0.25) is 0 Å². The zero-order valence-electron chi connectivity index (χ0n) is 17.8. The SMILES string of the molecule is c1ccc(-n2c3ccccc3c3cc(Nc4ccc5c(c4)oc4ccccc45)ccc32)cc1. The van der Waals surface area contributed by atoms with E-state index < -0.39 is 0 Å². The van der Waals surface area contributed by atoms with Crippen LogP contribution in [0.15, 0.2) is 120 Å². The third-order valence-corrected chi connectivity index (χ3v) is 6.35. The molecule has 2 aromatic heterocycles. The predicted molar refractivity (Wildman–Crippen MR) is 138 cm³/mol. The van der Waals surface area contributed by atoms with Gasteiger partial charge in [-0.1, -0.05) is 54.6 Å². The van der Waals surface area contributed by atoms with E-state index >= 15 is 0 Å². The molecular weight excluding hydrogens is 404 g/mol. The number of para-hydroxylation sites is 3. The highest BCUT2D eigenvalue weighted by atomic mass is 16.3. The van der Waals surface area contributed by atoms with Crippen LogP contribution < -0.4 is 5.32 Å². The number of rotatable bonds is 3. The lowest BCUT2D eigenvalue weighted by atomic mass is 10.1. The Labute approximate surface area is 190 Å². The lowest BCUT2D eigenvalue weighted by molar-refractivity contribution is 0.669. The van der Waals surface area contributed by atoms with Crippen LogP contribution in [0.2, 0.25) is 0 Å². The predicted octanol–water partition coefficient (Wildman–Crippen LogP) is 8.43. The van der Waals surface area contributed by atoms with Gasteiger partial charge < -0.3 is 14.3 Å². The fourth-order valence-corrected chi connectivity index (χ4v) is 4.88. The van der Waals surface area contributed by atoms with E-state index in [-0.39, 0.29) is 0 Å². The lowest BCUT2D eigenvalue weighted by Crippen LogP contribution is -1.93. The van der Waals surface area contributed by atoms with E-state index in [1.807, 2.05) is 18.2 Å². The monoisotopic (exact) mass is 424 g/mol. The molecule has 2 heterocycles. The quantitative estimate of drug-likeness (QED) is 0.308. The summed E-state index contributed by atoms with van der Waals surface area (Å²) in [4.78, 5) is 0. The Kier molecular flexibility index (Phi) is 3.84. The number of furan rings is 1. The van der Waals surface area contributed by atoms with Gasteiger partial charge in [0.1, 0.15) is 11.2 Å². The van der Waals surface area contributed by atoms with E-state index in [1.165, 1.54) is 27.5 Å². The second-order valence-corrected chi connectivity index (χ2v) is 8.35. The average molecular weight is 425 g/mol. The molecule has 3 nitrogen and oxygen atoms in total. The molecule has 3 heteroatoms. The molecule has 0 aliphatic carbocycles. The number of hydrogen-bond acceptors (Lipinski definition) is 2. The second kappa shape index (κ2) is 7.01. The van der Waals surface area contributed by atoms with Gasteiger partial charge in [-0.15, -0.1) is 0 Å². The van der Waals surface area contributed by atoms with Crippen LogP contribution in [0, 0.1) is 0 Å². The van der Waals surface area contributed by atoms with Crippen molar-refractivity contribution in [3.8, 4) is 5.69 Å². The molecule has 7 rings (SSSR count). The maximum absolute atomic E-state index is 6.07.